The Balaban J connectivity index is 2.09. The van der Waals surface area contributed by atoms with Crippen molar-refractivity contribution in [1.29, 1.82) is 5.41 Å². The van der Waals surface area contributed by atoms with Gasteiger partial charge in [-0.2, -0.15) is 0 Å². The smallest absolute Gasteiger partial charge is 0.410 e. The first-order valence-corrected chi connectivity index (χ1v) is 6.38. The summed E-state index contributed by atoms with van der Waals surface area (Å²) in [6.45, 7) is 6.25. The first-order chi connectivity index (χ1) is 8.26. The summed E-state index contributed by atoms with van der Waals surface area (Å²) in [6.07, 6.45) is 2.77. The van der Waals surface area contributed by atoms with Gasteiger partial charge in [0, 0.05) is 6.54 Å². The molecule has 2 aliphatic rings. The zero-order chi connectivity index (χ0) is 13.6. The lowest BCUT2D eigenvalue weighted by atomic mass is 10.0. The molecule has 1 saturated heterocycles. The third-order valence-corrected chi connectivity index (χ3v) is 3.62. The van der Waals surface area contributed by atoms with Crippen molar-refractivity contribution in [2.75, 3.05) is 13.7 Å². The Hall–Kier alpha value is -1.26. The highest BCUT2D eigenvalue weighted by molar-refractivity contribution is 5.84. The van der Waals surface area contributed by atoms with Crippen molar-refractivity contribution in [3.63, 3.8) is 0 Å². The monoisotopic (exact) mass is 254 g/mol. The van der Waals surface area contributed by atoms with Crippen molar-refractivity contribution in [2.24, 2.45) is 5.41 Å². The first kappa shape index (κ1) is 13.2. The van der Waals surface area contributed by atoms with E-state index in [1.807, 2.05) is 20.8 Å². The van der Waals surface area contributed by atoms with Gasteiger partial charge in [0.15, 0.2) is 0 Å². The van der Waals surface area contributed by atoms with Crippen LogP contribution in [0, 0.1) is 10.8 Å². The van der Waals surface area contributed by atoms with Crippen LogP contribution in [-0.4, -0.2) is 42.2 Å². The summed E-state index contributed by atoms with van der Waals surface area (Å²) in [7, 11) is 1.48. The van der Waals surface area contributed by atoms with Gasteiger partial charge in [-0.05, 0) is 45.4 Å². The highest BCUT2D eigenvalue weighted by atomic mass is 16.6. The van der Waals surface area contributed by atoms with Crippen LogP contribution in [0.15, 0.2) is 0 Å². The average molecular weight is 254 g/mol. The molecule has 1 aliphatic carbocycles. The van der Waals surface area contributed by atoms with Crippen molar-refractivity contribution < 1.29 is 14.3 Å². The van der Waals surface area contributed by atoms with E-state index in [0.717, 1.165) is 19.3 Å². The van der Waals surface area contributed by atoms with E-state index in [0.29, 0.717) is 6.54 Å². The summed E-state index contributed by atoms with van der Waals surface area (Å²) in [4.78, 5) is 13.8. The fourth-order valence-electron chi connectivity index (χ4n) is 2.48. The molecule has 1 saturated carbocycles. The zero-order valence-electron chi connectivity index (χ0n) is 11.6. The molecule has 0 aromatic heterocycles. The van der Waals surface area contributed by atoms with Crippen LogP contribution in [0.5, 0.6) is 0 Å². The lowest BCUT2D eigenvalue weighted by molar-refractivity contribution is 0.0246. The van der Waals surface area contributed by atoms with E-state index in [4.69, 9.17) is 14.9 Å². The minimum absolute atomic E-state index is 0.157. The maximum atomic E-state index is 12.2. The van der Waals surface area contributed by atoms with Gasteiger partial charge in [0.2, 0.25) is 5.90 Å². The van der Waals surface area contributed by atoms with E-state index in [1.165, 1.54) is 7.11 Å². The molecule has 102 valence electrons. The van der Waals surface area contributed by atoms with Crippen LogP contribution in [0.1, 0.15) is 40.0 Å². The van der Waals surface area contributed by atoms with Crippen LogP contribution in [-0.2, 0) is 9.47 Å². The molecule has 18 heavy (non-hydrogen) atoms. The Morgan fingerprint density at radius 1 is 1.39 bits per heavy atom. The molecule has 1 atom stereocenters. The third-order valence-electron chi connectivity index (χ3n) is 3.62. The number of carbonyl (C=O) groups excluding carboxylic acids is 1. The molecule has 1 amide bonds. The summed E-state index contributed by atoms with van der Waals surface area (Å²) in [5, 5.41) is 7.82. The lowest BCUT2D eigenvalue weighted by Crippen LogP contribution is -2.43. The topological polar surface area (TPSA) is 62.6 Å². The Kier molecular flexibility index (Phi) is 3.03. The van der Waals surface area contributed by atoms with Crippen LogP contribution >= 0.6 is 0 Å². The quantitative estimate of drug-likeness (QED) is 0.577. The molecule has 0 bridgehead atoms. The van der Waals surface area contributed by atoms with Gasteiger partial charge < -0.3 is 9.47 Å². The van der Waals surface area contributed by atoms with Gasteiger partial charge >= 0.3 is 6.09 Å². The molecule has 1 spiro atoms. The van der Waals surface area contributed by atoms with E-state index < -0.39 is 5.60 Å². The minimum atomic E-state index is -0.504. The van der Waals surface area contributed by atoms with Gasteiger partial charge in [0.05, 0.1) is 7.11 Å². The summed E-state index contributed by atoms with van der Waals surface area (Å²) in [5.41, 5.74) is -0.275. The fraction of sp³-hybridized carbons (Fsp3) is 0.846. The van der Waals surface area contributed by atoms with Crippen LogP contribution < -0.4 is 0 Å². The van der Waals surface area contributed by atoms with Gasteiger partial charge in [-0.1, -0.05) is 0 Å². The van der Waals surface area contributed by atoms with Crippen molar-refractivity contribution >= 4 is 12.0 Å². The maximum Gasteiger partial charge on any atom is 0.410 e. The van der Waals surface area contributed by atoms with E-state index in [9.17, 15) is 4.79 Å². The van der Waals surface area contributed by atoms with Crippen molar-refractivity contribution in [3.8, 4) is 0 Å². The number of amides is 1. The van der Waals surface area contributed by atoms with E-state index in [-0.39, 0.29) is 23.4 Å². The number of methoxy groups -OCH3 is 1. The van der Waals surface area contributed by atoms with E-state index in [2.05, 4.69) is 0 Å². The van der Waals surface area contributed by atoms with E-state index in [1.54, 1.807) is 4.90 Å². The molecule has 0 unspecified atom stereocenters. The average Bonchev–Trinajstić information content (AvgIpc) is 2.86. The second kappa shape index (κ2) is 4.14. The molecule has 0 aromatic rings. The van der Waals surface area contributed by atoms with Gasteiger partial charge in [-0.3, -0.25) is 10.3 Å². The fourth-order valence-corrected chi connectivity index (χ4v) is 2.48. The lowest BCUT2D eigenvalue weighted by Gasteiger charge is -2.28. The Bertz CT molecular complexity index is 369. The second-order valence-corrected chi connectivity index (χ2v) is 6.40. The predicted molar refractivity (Wildman–Crippen MR) is 67.7 cm³/mol. The number of carbonyl (C=O) groups is 1. The highest BCUT2D eigenvalue weighted by Gasteiger charge is 2.55. The summed E-state index contributed by atoms with van der Waals surface area (Å²) >= 11 is 0. The molecule has 2 fully saturated rings. The number of likely N-dealkylation sites (tertiary alicyclic amines) is 1. The SMILES string of the molecule is COC(=N)[C@@H]1CC2(CC2)CN1C(=O)OC(C)(C)C. The maximum absolute atomic E-state index is 12.2. The normalized spacial score (nSPS) is 25.1. The molecule has 5 nitrogen and oxygen atoms in total. The zero-order valence-corrected chi connectivity index (χ0v) is 11.6. The number of nitrogens with one attached hydrogen (secondary N) is 1. The molecular formula is C13H22N2O3. The number of rotatable bonds is 1. The van der Waals surface area contributed by atoms with Crippen LogP contribution in [0.4, 0.5) is 4.79 Å². The first-order valence-electron chi connectivity index (χ1n) is 6.38. The summed E-state index contributed by atoms with van der Waals surface area (Å²) in [5.74, 6) is 0.157. The number of hydrogen-bond acceptors (Lipinski definition) is 4. The van der Waals surface area contributed by atoms with Crippen molar-refractivity contribution in [1.82, 2.24) is 4.90 Å². The van der Waals surface area contributed by atoms with Gasteiger partial charge in [0.1, 0.15) is 11.6 Å². The second-order valence-electron chi connectivity index (χ2n) is 6.40. The van der Waals surface area contributed by atoms with E-state index >= 15 is 0 Å². The van der Waals surface area contributed by atoms with Crippen LogP contribution in [0.3, 0.4) is 0 Å². The Morgan fingerprint density at radius 2 is 2.00 bits per heavy atom. The molecule has 1 N–H and O–H groups in total. The highest BCUT2D eigenvalue weighted by Crippen LogP contribution is 2.55. The number of nitrogens with zero attached hydrogens (tertiary/aromatic N) is 1. The Labute approximate surface area is 108 Å². The Morgan fingerprint density at radius 3 is 2.44 bits per heavy atom. The number of hydrogen-bond donors (Lipinski definition) is 1. The number of ether oxygens (including phenoxy) is 2. The summed E-state index contributed by atoms with van der Waals surface area (Å²) < 4.78 is 10.4. The van der Waals surface area contributed by atoms with Gasteiger partial charge in [0.25, 0.3) is 0 Å². The van der Waals surface area contributed by atoms with Crippen LogP contribution in [0.2, 0.25) is 0 Å². The van der Waals surface area contributed by atoms with Crippen molar-refractivity contribution in [3.05, 3.63) is 0 Å². The standard InChI is InChI=1S/C13H22N2O3/c1-12(2,3)18-11(16)15-8-13(5-6-13)7-9(15)10(14)17-4/h9,14H,5-8H2,1-4H3/t9-/m0/s1. The molecule has 2 rings (SSSR count). The molecule has 5 heteroatoms. The molecule has 1 heterocycles. The summed E-state index contributed by atoms with van der Waals surface area (Å²) in [6, 6.07) is -0.257. The largest absolute Gasteiger partial charge is 0.483 e. The van der Waals surface area contributed by atoms with Crippen LogP contribution in [0.25, 0.3) is 0 Å². The molecule has 0 radical (unpaired) electrons. The van der Waals surface area contributed by atoms with Gasteiger partial charge in [-0.15, -0.1) is 0 Å². The third kappa shape index (κ3) is 2.60. The van der Waals surface area contributed by atoms with Gasteiger partial charge in [-0.25, -0.2) is 4.79 Å². The molecule has 0 aromatic carbocycles. The molecular weight excluding hydrogens is 232 g/mol. The molecule has 1 aliphatic heterocycles. The minimum Gasteiger partial charge on any atom is -0.483 e. The predicted octanol–water partition coefficient (Wildman–Crippen LogP) is 2.40. The van der Waals surface area contributed by atoms with Crippen molar-refractivity contribution in [2.45, 2.75) is 51.7 Å².